The van der Waals surface area contributed by atoms with E-state index in [2.05, 4.69) is 20.6 Å². The molecule has 0 aliphatic heterocycles. The van der Waals surface area contributed by atoms with Crippen LogP contribution in [-0.2, 0) is 0 Å². The molecule has 1 aromatic heterocycles. The number of nitrogens with zero attached hydrogens (tertiary/aromatic N) is 2. The molecule has 5 nitrogen and oxygen atoms in total. The van der Waals surface area contributed by atoms with Crippen LogP contribution in [0.1, 0.15) is 21.6 Å². The van der Waals surface area contributed by atoms with E-state index >= 15 is 0 Å². The van der Waals surface area contributed by atoms with Gasteiger partial charge in [-0.2, -0.15) is 0 Å². The van der Waals surface area contributed by atoms with Crippen LogP contribution in [0.2, 0.25) is 0 Å². The first-order valence-corrected chi connectivity index (χ1v) is 7.97. The van der Waals surface area contributed by atoms with Crippen molar-refractivity contribution in [3.05, 3.63) is 76.9 Å². The number of hydrogen-bond acceptors (Lipinski definition) is 4. The lowest BCUT2D eigenvalue weighted by atomic mass is 10.1. The zero-order chi connectivity index (χ0) is 19.6. The van der Waals surface area contributed by atoms with Crippen LogP contribution in [0.5, 0.6) is 0 Å². The minimum absolute atomic E-state index is 0.0236. The molecule has 3 aromatic rings. The van der Waals surface area contributed by atoms with Gasteiger partial charge in [0.15, 0.2) is 17.5 Å². The number of rotatable bonds is 4. The van der Waals surface area contributed by atoms with E-state index < -0.39 is 23.4 Å². The number of nitrogens with one attached hydrogen (secondary N) is 2. The normalized spacial score (nSPS) is 10.6. The van der Waals surface area contributed by atoms with Gasteiger partial charge in [0.2, 0.25) is 5.95 Å². The third kappa shape index (κ3) is 4.05. The maximum atomic E-state index is 13.8. The molecule has 0 saturated heterocycles. The highest BCUT2D eigenvalue weighted by Crippen LogP contribution is 2.22. The third-order valence-corrected chi connectivity index (χ3v) is 3.80. The fraction of sp³-hybridized carbons (Fsp3) is 0.105. The molecule has 27 heavy (non-hydrogen) atoms. The minimum atomic E-state index is -1.61. The number of aromatic nitrogens is 2. The lowest BCUT2D eigenvalue weighted by Gasteiger charge is -2.10. The van der Waals surface area contributed by atoms with Gasteiger partial charge in [0, 0.05) is 11.9 Å². The topological polar surface area (TPSA) is 66.9 Å². The summed E-state index contributed by atoms with van der Waals surface area (Å²) >= 11 is 0. The molecule has 0 spiro atoms. The Balaban J connectivity index is 1.81. The van der Waals surface area contributed by atoms with Crippen LogP contribution in [0.3, 0.4) is 0 Å². The van der Waals surface area contributed by atoms with Crippen molar-refractivity contribution >= 4 is 23.2 Å². The Morgan fingerprint density at radius 2 is 1.70 bits per heavy atom. The molecular formula is C19H15F3N4O. The first-order chi connectivity index (χ1) is 12.8. The molecule has 1 heterocycles. The van der Waals surface area contributed by atoms with Crippen molar-refractivity contribution in [3.63, 3.8) is 0 Å². The predicted molar refractivity (Wildman–Crippen MR) is 95.5 cm³/mol. The van der Waals surface area contributed by atoms with Gasteiger partial charge in [0.05, 0.1) is 5.69 Å². The highest BCUT2D eigenvalue weighted by Gasteiger charge is 2.15. The van der Waals surface area contributed by atoms with Crippen molar-refractivity contribution in [2.45, 2.75) is 13.8 Å². The highest BCUT2D eigenvalue weighted by atomic mass is 19.2. The average molecular weight is 372 g/mol. The van der Waals surface area contributed by atoms with Crippen molar-refractivity contribution in [2.75, 3.05) is 10.6 Å². The molecule has 3 rings (SSSR count). The van der Waals surface area contributed by atoms with Crippen LogP contribution in [-0.4, -0.2) is 15.9 Å². The summed E-state index contributed by atoms with van der Waals surface area (Å²) in [5, 5.41) is 5.17. The smallest absolute Gasteiger partial charge is 0.274 e. The fourth-order valence-electron chi connectivity index (χ4n) is 2.43. The molecule has 0 saturated carbocycles. The van der Waals surface area contributed by atoms with Gasteiger partial charge in [-0.25, -0.2) is 23.1 Å². The molecule has 0 aliphatic carbocycles. The van der Waals surface area contributed by atoms with Crippen LogP contribution in [0.25, 0.3) is 0 Å². The SMILES string of the molecule is Cc1ccc(NC(=O)c2ccnc(Nc3ccc(F)c(F)c3F)n2)c(C)c1. The van der Waals surface area contributed by atoms with E-state index in [1.807, 2.05) is 26.0 Å². The second-order valence-electron chi connectivity index (χ2n) is 5.89. The Bertz CT molecular complexity index is 1020. The molecule has 138 valence electrons. The fourth-order valence-corrected chi connectivity index (χ4v) is 2.43. The first-order valence-electron chi connectivity index (χ1n) is 7.97. The molecular weight excluding hydrogens is 357 g/mol. The van der Waals surface area contributed by atoms with Crippen molar-refractivity contribution in [3.8, 4) is 0 Å². The zero-order valence-corrected chi connectivity index (χ0v) is 14.5. The molecule has 0 aliphatic rings. The largest absolute Gasteiger partial charge is 0.322 e. The van der Waals surface area contributed by atoms with Gasteiger partial charge in [-0.3, -0.25) is 4.79 Å². The van der Waals surface area contributed by atoms with Gasteiger partial charge in [-0.1, -0.05) is 17.7 Å². The van der Waals surface area contributed by atoms with Gasteiger partial charge >= 0.3 is 0 Å². The standard InChI is InChI=1S/C19H15F3N4O/c1-10-3-5-13(11(2)9-10)24-18(27)15-7-8-23-19(26-15)25-14-6-4-12(20)16(21)17(14)22/h3-9H,1-2H3,(H,24,27)(H,23,25,26). The summed E-state index contributed by atoms with van der Waals surface area (Å²) in [6.45, 7) is 3.81. The Morgan fingerprint density at radius 1 is 0.963 bits per heavy atom. The Kier molecular flexibility index (Phi) is 5.07. The molecule has 0 unspecified atom stereocenters. The van der Waals surface area contributed by atoms with Crippen LogP contribution < -0.4 is 10.6 Å². The van der Waals surface area contributed by atoms with Gasteiger partial charge in [0.25, 0.3) is 5.91 Å². The van der Waals surface area contributed by atoms with E-state index in [0.717, 1.165) is 23.3 Å². The predicted octanol–water partition coefficient (Wildman–Crippen LogP) is 4.51. The number of carbonyl (C=O) groups is 1. The van der Waals surface area contributed by atoms with Crippen LogP contribution >= 0.6 is 0 Å². The molecule has 8 heteroatoms. The van der Waals surface area contributed by atoms with E-state index in [4.69, 9.17) is 0 Å². The van der Waals surface area contributed by atoms with Gasteiger partial charge < -0.3 is 10.6 Å². The van der Waals surface area contributed by atoms with Crippen LogP contribution in [0.15, 0.2) is 42.6 Å². The van der Waals surface area contributed by atoms with Crippen molar-refractivity contribution in [2.24, 2.45) is 0 Å². The van der Waals surface area contributed by atoms with E-state index in [0.29, 0.717) is 5.69 Å². The number of hydrogen-bond donors (Lipinski definition) is 2. The van der Waals surface area contributed by atoms with Crippen LogP contribution in [0.4, 0.5) is 30.5 Å². The number of benzene rings is 2. The molecule has 0 atom stereocenters. The first kappa shape index (κ1) is 18.4. The van der Waals surface area contributed by atoms with E-state index in [1.165, 1.54) is 12.3 Å². The monoisotopic (exact) mass is 372 g/mol. The molecule has 0 fully saturated rings. The molecule has 2 aromatic carbocycles. The summed E-state index contributed by atoms with van der Waals surface area (Å²) < 4.78 is 40.1. The van der Waals surface area contributed by atoms with Gasteiger partial charge in [-0.15, -0.1) is 0 Å². The Labute approximate surface area is 153 Å². The quantitative estimate of drug-likeness (QED) is 0.662. The number of halogens is 3. The lowest BCUT2D eigenvalue weighted by Crippen LogP contribution is -2.15. The second kappa shape index (κ2) is 7.45. The zero-order valence-electron chi connectivity index (χ0n) is 14.5. The summed E-state index contributed by atoms with van der Waals surface area (Å²) in [7, 11) is 0. The van der Waals surface area contributed by atoms with E-state index in [-0.39, 0.29) is 17.3 Å². The van der Waals surface area contributed by atoms with E-state index in [9.17, 15) is 18.0 Å². The average Bonchev–Trinajstić information content (AvgIpc) is 2.65. The van der Waals surface area contributed by atoms with Crippen molar-refractivity contribution < 1.29 is 18.0 Å². The van der Waals surface area contributed by atoms with Crippen molar-refractivity contribution in [1.82, 2.24) is 9.97 Å². The van der Waals surface area contributed by atoms with Crippen molar-refractivity contribution in [1.29, 1.82) is 0 Å². The summed E-state index contributed by atoms with van der Waals surface area (Å²) in [5.41, 5.74) is 2.26. The number of amides is 1. The van der Waals surface area contributed by atoms with Gasteiger partial charge in [0.1, 0.15) is 5.69 Å². The third-order valence-electron chi connectivity index (χ3n) is 3.80. The summed E-state index contributed by atoms with van der Waals surface area (Å²) in [5.74, 6) is -4.93. The summed E-state index contributed by atoms with van der Waals surface area (Å²) in [6, 6.07) is 8.73. The minimum Gasteiger partial charge on any atom is -0.322 e. The number of aryl methyl sites for hydroxylation is 2. The van der Waals surface area contributed by atoms with Gasteiger partial charge in [-0.05, 0) is 43.7 Å². The maximum absolute atomic E-state index is 13.8. The maximum Gasteiger partial charge on any atom is 0.274 e. The summed E-state index contributed by atoms with van der Waals surface area (Å²) in [4.78, 5) is 20.3. The molecule has 0 radical (unpaired) electrons. The number of carbonyl (C=O) groups excluding carboxylic acids is 1. The Hall–Kier alpha value is -3.42. The Morgan fingerprint density at radius 3 is 2.44 bits per heavy atom. The molecule has 2 N–H and O–H groups in total. The molecule has 1 amide bonds. The highest BCUT2D eigenvalue weighted by molar-refractivity contribution is 6.03. The molecule has 0 bridgehead atoms. The summed E-state index contributed by atoms with van der Waals surface area (Å²) in [6.07, 6.45) is 1.30. The van der Waals surface area contributed by atoms with Crippen LogP contribution in [0, 0.1) is 31.3 Å². The lowest BCUT2D eigenvalue weighted by molar-refractivity contribution is 0.102. The number of anilines is 3. The second-order valence-corrected chi connectivity index (χ2v) is 5.89. The van der Waals surface area contributed by atoms with E-state index in [1.54, 1.807) is 6.07 Å².